The van der Waals surface area contributed by atoms with Crippen LogP contribution in [0.4, 0.5) is 0 Å². The van der Waals surface area contributed by atoms with E-state index in [9.17, 15) is 9.59 Å². The highest BCUT2D eigenvalue weighted by Gasteiger charge is 2.23. The molecule has 0 aliphatic carbocycles. The molecule has 0 spiro atoms. The Kier molecular flexibility index (Phi) is 7.62. The molecule has 2 N–H and O–H groups in total. The van der Waals surface area contributed by atoms with Crippen molar-refractivity contribution in [3.05, 3.63) is 0 Å². The zero-order valence-electron chi connectivity index (χ0n) is 9.70. The predicted octanol–water partition coefficient (Wildman–Crippen LogP) is 1.65. The van der Waals surface area contributed by atoms with Crippen molar-refractivity contribution in [1.82, 2.24) is 0 Å². The zero-order valence-corrected chi connectivity index (χ0v) is 10.5. The van der Waals surface area contributed by atoms with E-state index < -0.39 is 18.0 Å². The summed E-state index contributed by atoms with van der Waals surface area (Å²) in [6.45, 7) is 7.37. The SMILES string of the molecule is CCC(C)(C)CC(=O)OC(=O)[C@H](C)N.Cl. The van der Waals surface area contributed by atoms with Crippen LogP contribution in [0.5, 0.6) is 0 Å². The van der Waals surface area contributed by atoms with Crippen molar-refractivity contribution < 1.29 is 14.3 Å². The van der Waals surface area contributed by atoms with E-state index >= 15 is 0 Å². The predicted molar refractivity (Wildman–Crippen MR) is 60.7 cm³/mol. The average Bonchev–Trinajstić information content (AvgIpc) is 2.02. The van der Waals surface area contributed by atoms with Crippen molar-refractivity contribution in [2.75, 3.05) is 0 Å². The second-order valence-electron chi connectivity index (χ2n) is 4.28. The van der Waals surface area contributed by atoms with Crippen LogP contribution in [0.15, 0.2) is 0 Å². The minimum Gasteiger partial charge on any atom is -0.392 e. The van der Waals surface area contributed by atoms with Gasteiger partial charge >= 0.3 is 11.9 Å². The lowest BCUT2D eigenvalue weighted by Crippen LogP contribution is -2.31. The van der Waals surface area contributed by atoms with Crippen molar-refractivity contribution >= 4 is 24.3 Å². The summed E-state index contributed by atoms with van der Waals surface area (Å²) in [7, 11) is 0. The molecule has 0 amide bonds. The smallest absolute Gasteiger partial charge is 0.330 e. The molecule has 0 bridgehead atoms. The molecule has 0 fully saturated rings. The van der Waals surface area contributed by atoms with E-state index in [0.29, 0.717) is 0 Å². The van der Waals surface area contributed by atoms with Crippen LogP contribution >= 0.6 is 12.4 Å². The molecular weight excluding hydrogens is 218 g/mol. The Hall–Kier alpha value is -0.610. The molecule has 0 aromatic rings. The van der Waals surface area contributed by atoms with Crippen molar-refractivity contribution in [3.63, 3.8) is 0 Å². The molecule has 0 aromatic heterocycles. The minimum absolute atomic E-state index is 0. The van der Waals surface area contributed by atoms with E-state index in [1.165, 1.54) is 6.92 Å². The fourth-order valence-corrected chi connectivity index (χ4v) is 0.757. The fraction of sp³-hybridized carbons (Fsp3) is 0.800. The Labute approximate surface area is 97.0 Å². The molecule has 0 aromatic carbocycles. The Bertz CT molecular complexity index is 227. The molecule has 0 aliphatic heterocycles. The average molecular weight is 238 g/mol. The van der Waals surface area contributed by atoms with Gasteiger partial charge in [-0.15, -0.1) is 12.4 Å². The molecule has 15 heavy (non-hydrogen) atoms. The Morgan fingerprint density at radius 2 is 1.87 bits per heavy atom. The normalized spacial score (nSPS) is 12.6. The summed E-state index contributed by atoms with van der Waals surface area (Å²) in [5, 5.41) is 0. The standard InChI is InChI=1S/C10H19NO3.ClH/c1-5-10(3,4)6-8(12)14-9(13)7(2)11;/h7H,5-6,11H2,1-4H3;1H/t7-;/m0./s1. The molecule has 0 saturated carbocycles. The van der Waals surface area contributed by atoms with E-state index in [0.717, 1.165) is 6.42 Å². The summed E-state index contributed by atoms with van der Waals surface area (Å²) in [6.07, 6.45) is 1.09. The van der Waals surface area contributed by atoms with Gasteiger partial charge in [0, 0.05) is 0 Å². The molecular formula is C10H20ClNO3. The highest BCUT2D eigenvalue weighted by atomic mass is 35.5. The van der Waals surface area contributed by atoms with Crippen LogP contribution in [-0.4, -0.2) is 18.0 Å². The summed E-state index contributed by atoms with van der Waals surface area (Å²) < 4.78 is 4.55. The van der Waals surface area contributed by atoms with E-state index in [1.807, 2.05) is 20.8 Å². The van der Waals surface area contributed by atoms with Crippen LogP contribution < -0.4 is 5.73 Å². The van der Waals surface area contributed by atoms with Gasteiger partial charge in [0.05, 0.1) is 6.42 Å². The highest BCUT2D eigenvalue weighted by Crippen LogP contribution is 2.24. The second-order valence-corrected chi connectivity index (χ2v) is 4.28. The number of rotatable bonds is 4. The number of hydrogen-bond donors (Lipinski definition) is 1. The molecule has 90 valence electrons. The fourth-order valence-electron chi connectivity index (χ4n) is 0.757. The van der Waals surface area contributed by atoms with E-state index in [4.69, 9.17) is 5.73 Å². The van der Waals surface area contributed by atoms with Crippen LogP contribution in [0.1, 0.15) is 40.5 Å². The Balaban J connectivity index is 0. The topological polar surface area (TPSA) is 69.4 Å². The quantitative estimate of drug-likeness (QED) is 0.596. The number of esters is 2. The van der Waals surface area contributed by atoms with E-state index in [2.05, 4.69) is 4.74 Å². The number of carbonyl (C=O) groups excluding carboxylic acids is 2. The first-order chi connectivity index (χ1) is 6.28. The number of nitrogens with two attached hydrogens (primary N) is 1. The van der Waals surface area contributed by atoms with Crippen LogP contribution in [0.3, 0.4) is 0 Å². The van der Waals surface area contributed by atoms with Crippen molar-refractivity contribution in [2.24, 2.45) is 11.1 Å². The van der Waals surface area contributed by atoms with Gasteiger partial charge < -0.3 is 10.5 Å². The van der Waals surface area contributed by atoms with Gasteiger partial charge in [0.25, 0.3) is 0 Å². The monoisotopic (exact) mass is 237 g/mol. The molecule has 0 saturated heterocycles. The zero-order chi connectivity index (χ0) is 11.4. The lowest BCUT2D eigenvalue weighted by atomic mass is 9.87. The third kappa shape index (κ3) is 7.33. The van der Waals surface area contributed by atoms with E-state index in [1.54, 1.807) is 0 Å². The third-order valence-electron chi connectivity index (χ3n) is 2.17. The van der Waals surface area contributed by atoms with Crippen molar-refractivity contribution in [3.8, 4) is 0 Å². The van der Waals surface area contributed by atoms with Gasteiger partial charge in [-0.05, 0) is 12.3 Å². The lowest BCUT2D eigenvalue weighted by molar-refractivity contribution is -0.161. The number of halogens is 1. The van der Waals surface area contributed by atoms with Crippen molar-refractivity contribution in [2.45, 2.75) is 46.6 Å². The van der Waals surface area contributed by atoms with Crippen molar-refractivity contribution in [1.29, 1.82) is 0 Å². The number of hydrogen-bond acceptors (Lipinski definition) is 4. The minimum atomic E-state index is -0.747. The van der Waals surface area contributed by atoms with Crippen LogP contribution in [0, 0.1) is 5.41 Å². The molecule has 5 heteroatoms. The number of ether oxygens (including phenoxy) is 1. The molecule has 1 atom stereocenters. The molecule has 0 aliphatic rings. The van der Waals surface area contributed by atoms with Crippen LogP contribution in [-0.2, 0) is 14.3 Å². The van der Waals surface area contributed by atoms with Gasteiger partial charge in [-0.25, -0.2) is 4.79 Å². The van der Waals surface area contributed by atoms with E-state index in [-0.39, 0.29) is 24.2 Å². The molecule has 0 unspecified atom stereocenters. The van der Waals surface area contributed by atoms with Gasteiger partial charge in [-0.3, -0.25) is 4.79 Å². The van der Waals surface area contributed by atoms with Gasteiger partial charge in [-0.2, -0.15) is 0 Å². The second kappa shape index (κ2) is 6.80. The molecule has 0 rings (SSSR count). The first kappa shape index (κ1) is 16.8. The Morgan fingerprint density at radius 1 is 1.40 bits per heavy atom. The Morgan fingerprint density at radius 3 is 2.20 bits per heavy atom. The summed E-state index contributed by atoms with van der Waals surface area (Å²) in [6, 6.07) is -0.747. The molecule has 4 nitrogen and oxygen atoms in total. The summed E-state index contributed by atoms with van der Waals surface area (Å²) in [5.74, 6) is -1.17. The van der Waals surface area contributed by atoms with Crippen LogP contribution in [0.2, 0.25) is 0 Å². The van der Waals surface area contributed by atoms with Gasteiger partial charge in [0.1, 0.15) is 6.04 Å². The maximum absolute atomic E-state index is 11.2. The van der Waals surface area contributed by atoms with Gasteiger partial charge in [0.2, 0.25) is 0 Å². The maximum atomic E-state index is 11.2. The molecule has 0 radical (unpaired) electrons. The summed E-state index contributed by atoms with van der Waals surface area (Å²) in [5.41, 5.74) is 5.12. The molecule has 0 heterocycles. The number of carbonyl (C=O) groups is 2. The summed E-state index contributed by atoms with van der Waals surface area (Å²) >= 11 is 0. The maximum Gasteiger partial charge on any atom is 0.330 e. The van der Waals surface area contributed by atoms with Crippen LogP contribution in [0.25, 0.3) is 0 Å². The summed E-state index contributed by atoms with van der Waals surface area (Å²) in [4.78, 5) is 22.2. The van der Waals surface area contributed by atoms with Gasteiger partial charge in [-0.1, -0.05) is 27.2 Å². The highest BCUT2D eigenvalue weighted by molar-refractivity contribution is 5.88. The first-order valence-electron chi connectivity index (χ1n) is 4.78. The van der Waals surface area contributed by atoms with Gasteiger partial charge in [0.15, 0.2) is 0 Å². The third-order valence-corrected chi connectivity index (χ3v) is 2.17. The largest absolute Gasteiger partial charge is 0.392 e. The lowest BCUT2D eigenvalue weighted by Gasteiger charge is -2.20. The first-order valence-corrected chi connectivity index (χ1v) is 4.78.